The summed E-state index contributed by atoms with van der Waals surface area (Å²) >= 11 is 1.48. The highest BCUT2D eigenvalue weighted by Gasteiger charge is 2.22. The average molecular weight is 401 g/mol. The van der Waals surface area contributed by atoms with Gasteiger partial charge in [-0.1, -0.05) is 29.8 Å². The second kappa shape index (κ2) is 8.67. The number of ether oxygens (including phenoxy) is 2. The number of hydrogen-bond donors (Lipinski definition) is 0. The monoisotopic (exact) mass is 400 g/mol. The van der Waals surface area contributed by atoms with Crippen LogP contribution < -0.4 is 5.56 Å². The largest absolute Gasteiger partial charge is 0.462 e. The van der Waals surface area contributed by atoms with Gasteiger partial charge in [-0.3, -0.25) is 9.36 Å². The van der Waals surface area contributed by atoms with Crippen LogP contribution in [0.1, 0.15) is 30.3 Å². The van der Waals surface area contributed by atoms with E-state index in [9.17, 15) is 9.59 Å². The topological polar surface area (TPSA) is 70.4 Å². The molecule has 0 bridgehead atoms. The van der Waals surface area contributed by atoms with E-state index >= 15 is 0 Å². The van der Waals surface area contributed by atoms with Crippen molar-refractivity contribution in [2.24, 2.45) is 0 Å². The molecule has 3 aromatic rings. The van der Waals surface area contributed by atoms with Gasteiger partial charge in [-0.2, -0.15) is 0 Å². The number of thiophene rings is 1. The Kier molecular flexibility index (Phi) is 6.26. The zero-order chi connectivity index (χ0) is 20.3. The van der Waals surface area contributed by atoms with Crippen LogP contribution >= 0.6 is 11.3 Å². The fraction of sp³-hybridized carbons (Fsp3) is 0.381. The fourth-order valence-electron chi connectivity index (χ4n) is 3.04. The van der Waals surface area contributed by atoms with Gasteiger partial charge in [0, 0.05) is 17.0 Å². The third-order valence-electron chi connectivity index (χ3n) is 4.59. The van der Waals surface area contributed by atoms with Crippen molar-refractivity contribution in [3.05, 3.63) is 51.4 Å². The van der Waals surface area contributed by atoms with Gasteiger partial charge in [-0.15, -0.1) is 11.3 Å². The Hall–Kier alpha value is -2.51. The molecule has 1 atom stereocenters. The highest BCUT2D eigenvalue weighted by Crippen LogP contribution is 2.35. The summed E-state index contributed by atoms with van der Waals surface area (Å²) in [5.74, 6) is -0.480. The van der Waals surface area contributed by atoms with E-state index in [4.69, 9.17) is 9.47 Å². The van der Waals surface area contributed by atoms with Crippen LogP contribution in [0, 0.1) is 13.8 Å². The number of nitrogens with zero attached hydrogens (tertiary/aromatic N) is 2. The summed E-state index contributed by atoms with van der Waals surface area (Å²) in [5.41, 5.74) is 2.76. The van der Waals surface area contributed by atoms with Crippen LogP contribution in [-0.2, 0) is 14.3 Å². The van der Waals surface area contributed by atoms with Crippen molar-refractivity contribution in [3.63, 3.8) is 0 Å². The molecule has 6 nitrogen and oxygen atoms in total. The number of rotatable bonds is 7. The van der Waals surface area contributed by atoms with Crippen molar-refractivity contribution < 1.29 is 14.3 Å². The fourth-order valence-corrected chi connectivity index (χ4v) is 4.04. The molecule has 0 amide bonds. The highest BCUT2D eigenvalue weighted by atomic mass is 32.1. The van der Waals surface area contributed by atoms with E-state index in [-0.39, 0.29) is 12.2 Å². The van der Waals surface area contributed by atoms with Crippen molar-refractivity contribution >= 4 is 27.5 Å². The van der Waals surface area contributed by atoms with E-state index < -0.39 is 12.0 Å². The first-order chi connectivity index (χ1) is 13.4. The summed E-state index contributed by atoms with van der Waals surface area (Å²) in [5, 5.41) is 0.544. The molecular weight excluding hydrogens is 376 g/mol. The molecule has 0 saturated carbocycles. The minimum Gasteiger partial charge on any atom is -0.462 e. The van der Waals surface area contributed by atoms with Crippen molar-refractivity contribution in [2.45, 2.75) is 33.7 Å². The smallest absolute Gasteiger partial charge is 0.329 e. The van der Waals surface area contributed by atoms with Crippen LogP contribution in [0.25, 0.3) is 21.3 Å². The van der Waals surface area contributed by atoms with Crippen LogP contribution in [0.5, 0.6) is 0 Å². The first-order valence-corrected chi connectivity index (χ1v) is 10.1. The van der Waals surface area contributed by atoms with E-state index in [1.54, 1.807) is 6.92 Å². The molecule has 0 aliphatic carbocycles. The van der Waals surface area contributed by atoms with Crippen molar-refractivity contribution in [1.29, 1.82) is 0 Å². The van der Waals surface area contributed by atoms with Gasteiger partial charge < -0.3 is 9.47 Å². The number of carbonyl (C=O) groups excluding carboxylic acids is 1. The molecule has 0 unspecified atom stereocenters. The summed E-state index contributed by atoms with van der Waals surface area (Å²) < 4.78 is 11.7. The summed E-state index contributed by atoms with van der Waals surface area (Å²) in [6.07, 6.45) is 1.42. The molecule has 28 heavy (non-hydrogen) atoms. The number of benzene rings is 1. The Morgan fingerprint density at radius 1 is 1.21 bits per heavy atom. The molecule has 1 aromatic carbocycles. The van der Waals surface area contributed by atoms with Crippen LogP contribution in [0.3, 0.4) is 0 Å². The second-order valence-corrected chi connectivity index (χ2v) is 7.78. The normalized spacial score (nSPS) is 12.3. The number of aryl methyl sites for hydroxylation is 2. The van der Waals surface area contributed by atoms with E-state index in [1.165, 1.54) is 22.2 Å². The molecule has 0 aliphatic heterocycles. The number of aromatic nitrogens is 2. The lowest BCUT2D eigenvalue weighted by molar-refractivity contribution is -0.148. The molecule has 2 heterocycles. The van der Waals surface area contributed by atoms with Gasteiger partial charge in [0.25, 0.3) is 5.56 Å². The Labute approximate surface area is 167 Å². The predicted molar refractivity (Wildman–Crippen MR) is 111 cm³/mol. The second-order valence-electron chi connectivity index (χ2n) is 6.58. The van der Waals surface area contributed by atoms with Crippen molar-refractivity contribution in [1.82, 2.24) is 9.55 Å². The summed E-state index contributed by atoms with van der Waals surface area (Å²) in [4.78, 5) is 31.7. The number of hydrogen-bond acceptors (Lipinski definition) is 6. The van der Waals surface area contributed by atoms with Gasteiger partial charge in [-0.05, 0) is 33.3 Å². The molecule has 148 valence electrons. The third-order valence-corrected chi connectivity index (χ3v) is 5.60. The van der Waals surface area contributed by atoms with Gasteiger partial charge >= 0.3 is 5.97 Å². The molecule has 7 heteroatoms. The summed E-state index contributed by atoms with van der Waals surface area (Å²) in [7, 11) is 0. The molecular formula is C21H24N2O4S. The summed E-state index contributed by atoms with van der Waals surface area (Å²) in [6, 6.07) is 7.28. The van der Waals surface area contributed by atoms with Crippen molar-refractivity contribution in [2.75, 3.05) is 19.8 Å². The molecule has 0 aliphatic rings. The standard InChI is InChI=1S/C21H24N2O4S/c1-5-26-10-11-27-21(25)14(3)23-12-22-19-18(20(23)24)17(15(4)28-19)16-8-6-13(2)7-9-16/h6-9,12,14H,5,10-11H2,1-4H3/t14-/m0/s1. The average Bonchev–Trinajstić information content (AvgIpc) is 3.02. The minimum absolute atomic E-state index is 0.160. The van der Waals surface area contributed by atoms with E-state index in [0.717, 1.165) is 21.6 Å². The van der Waals surface area contributed by atoms with Gasteiger partial charge in [0.1, 0.15) is 17.5 Å². The highest BCUT2D eigenvalue weighted by molar-refractivity contribution is 7.19. The quantitative estimate of drug-likeness (QED) is 0.445. The van der Waals surface area contributed by atoms with Gasteiger partial charge in [0.2, 0.25) is 0 Å². The Morgan fingerprint density at radius 2 is 1.93 bits per heavy atom. The summed E-state index contributed by atoms with van der Waals surface area (Å²) in [6.45, 7) is 8.58. The Balaban J connectivity index is 1.98. The van der Waals surface area contributed by atoms with E-state index in [1.807, 2.05) is 45.0 Å². The third kappa shape index (κ3) is 4.00. The van der Waals surface area contributed by atoms with Crippen molar-refractivity contribution in [3.8, 4) is 11.1 Å². The van der Waals surface area contributed by atoms with Crippen LogP contribution in [0.2, 0.25) is 0 Å². The van der Waals surface area contributed by atoms with Crippen LogP contribution in [0.4, 0.5) is 0 Å². The molecule has 2 aromatic heterocycles. The van der Waals surface area contributed by atoms with Gasteiger partial charge in [0.15, 0.2) is 0 Å². The van der Waals surface area contributed by atoms with Gasteiger partial charge in [-0.25, -0.2) is 9.78 Å². The first kappa shape index (κ1) is 20.2. The van der Waals surface area contributed by atoms with E-state index in [0.29, 0.717) is 23.4 Å². The first-order valence-electron chi connectivity index (χ1n) is 9.25. The predicted octanol–water partition coefficient (Wildman–Crippen LogP) is 3.88. The molecule has 0 fully saturated rings. The molecule has 0 saturated heterocycles. The number of esters is 1. The zero-order valence-corrected chi connectivity index (χ0v) is 17.3. The molecule has 0 radical (unpaired) electrons. The SMILES string of the molecule is CCOCCOC(=O)[C@H](C)n1cnc2sc(C)c(-c3ccc(C)cc3)c2c1=O. The Morgan fingerprint density at radius 3 is 2.61 bits per heavy atom. The van der Waals surface area contributed by atoms with E-state index in [2.05, 4.69) is 4.98 Å². The molecule has 0 spiro atoms. The maximum absolute atomic E-state index is 13.2. The maximum Gasteiger partial charge on any atom is 0.329 e. The Bertz CT molecular complexity index is 1040. The molecule has 0 N–H and O–H groups in total. The van der Waals surface area contributed by atoms with Crippen LogP contribution in [0.15, 0.2) is 35.4 Å². The minimum atomic E-state index is -0.767. The zero-order valence-electron chi connectivity index (χ0n) is 16.5. The van der Waals surface area contributed by atoms with Crippen LogP contribution in [-0.4, -0.2) is 35.3 Å². The van der Waals surface area contributed by atoms with Gasteiger partial charge in [0.05, 0.1) is 18.3 Å². The number of fused-ring (bicyclic) bond motifs is 1. The molecule has 3 rings (SSSR count). The lowest BCUT2D eigenvalue weighted by Gasteiger charge is -2.14. The maximum atomic E-state index is 13.2. The lowest BCUT2D eigenvalue weighted by Crippen LogP contribution is -2.30. The lowest BCUT2D eigenvalue weighted by atomic mass is 10.0. The number of carbonyl (C=O) groups is 1.